The van der Waals surface area contributed by atoms with Gasteiger partial charge in [-0.05, 0) is 25.8 Å². The van der Waals surface area contributed by atoms with Gasteiger partial charge in [-0.3, -0.25) is 4.79 Å². The van der Waals surface area contributed by atoms with Gasteiger partial charge in [0.2, 0.25) is 0 Å². The molecule has 1 aromatic rings. The predicted molar refractivity (Wildman–Crippen MR) is 77.6 cm³/mol. The first-order valence-corrected chi connectivity index (χ1v) is 7.37. The van der Waals surface area contributed by atoms with Gasteiger partial charge in [0.1, 0.15) is 11.5 Å². The van der Waals surface area contributed by atoms with Crippen molar-refractivity contribution in [3.05, 3.63) is 29.3 Å². The van der Waals surface area contributed by atoms with E-state index in [2.05, 4.69) is 13.0 Å². The fourth-order valence-corrected chi connectivity index (χ4v) is 2.98. The van der Waals surface area contributed by atoms with E-state index in [0.29, 0.717) is 12.2 Å². The van der Waals surface area contributed by atoms with Gasteiger partial charge in [0, 0.05) is 17.9 Å². The predicted octanol–water partition coefficient (Wildman–Crippen LogP) is 4.09. The summed E-state index contributed by atoms with van der Waals surface area (Å²) in [5, 5.41) is 0. The number of hydrogen-bond acceptors (Lipinski definition) is 2. The molecule has 2 heteroatoms. The highest BCUT2D eigenvalue weighted by Gasteiger charge is 2.21. The normalized spacial score (nSPS) is 16.9. The maximum Gasteiger partial charge on any atom is 0.140 e. The number of carbonyl (C=O) groups excluding carboxylic acids is 1. The molecule has 2 nitrogen and oxygen atoms in total. The molecule has 0 atom stereocenters. The molecule has 104 valence electrons. The minimum Gasteiger partial charge on any atom is -0.496 e. The Kier molecular flexibility index (Phi) is 5.00. The van der Waals surface area contributed by atoms with Gasteiger partial charge < -0.3 is 4.74 Å². The standard InChI is InChI=1S/C17H24O2/c1-13-9-10-17(19-2)15(11-13)12-16(18)14-7-5-3-4-6-8-14/h9-11,14H,3-8,12H2,1-2H3. The van der Waals surface area contributed by atoms with Gasteiger partial charge in [0.15, 0.2) is 0 Å². The molecule has 0 spiro atoms. The van der Waals surface area contributed by atoms with Crippen LogP contribution in [0.2, 0.25) is 0 Å². The molecule has 1 aliphatic rings. The second kappa shape index (κ2) is 6.74. The summed E-state index contributed by atoms with van der Waals surface area (Å²) in [6.45, 7) is 2.05. The molecule has 2 rings (SSSR count). The number of Topliss-reactive ketones (excluding diaryl/α,β-unsaturated/α-hetero) is 1. The Morgan fingerprint density at radius 2 is 1.89 bits per heavy atom. The summed E-state index contributed by atoms with van der Waals surface area (Å²) in [4.78, 5) is 12.4. The summed E-state index contributed by atoms with van der Waals surface area (Å²) in [5.41, 5.74) is 2.22. The summed E-state index contributed by atoms with van der Waals surface area (Å²) in [6.07, 6.45) is 7.67. The SMILES string of the molecule is COc1ccc(C)cc1CC(=O)C1CCCCCC1. The van der Waals surface area contributed by atoms with E-state index >= 15 is 0 Å². The lowest BCUT2D eigenvalue weighted by Gasteiger charge is -2.14. The zero-order valence-electron chi connectivity index (χ0n) is 12.1. The number of hydrogen-bond donors (Lipinski definition) is 0. The summed E-state index contributed by atoms with van der Waals surface area (Å²) < 4.78 is 5.36. The highest BCUT2D eigenvalue weighted by Crippen LogP contribution is 2.27. The third kappa shape index (κ3) is 3.82. The number of carbonyl (C=O) groups is 1. The molecule has 0 heterocycles. The maximum absolute atomic E-state index is 12.4. The van der Waals surface area contributed by atoms with E-state index in [1.807, 2.05) is 12.1 Å². The molecular formula is C17H24O2. The molecular weight excluding hydrogens is 236 g/mol. The molecule has 0 unspecified atom stereocenters. The number of aryl methyl sites for hydroxylation is 1. The van der Waals surface area contributed by atoms with E-state index in [0.717, 1.165) is 24.2 Å². The van der Waals surface area contributed by atoms with E-state index in [1.54, 1.807) is 7.11 Å². The van der Waals surface area contributed by atoms with Crippen LogP contribution in [0.1, 0.15) is 49.7 Å². The molecule has 1 saturated carbocycles. The Morgan fingerprint density at radius 3 is 2.53 bits per heavy atom. The third-order valence-corrected chi connectivity index (χ3v) is 4.11. The minimum atomic E-state index is 0.271. The van der Waals surface area contributed by atoms with Crippen LogP contribution in [0.25, 0.3) is 0 Å². The van der Waals surface area contributed by atoms with Crippen molar-refractivity contribution < 1.29 is 9.53 Å². The molecule has 0 N–H and O–H groups in total. The fourth-order valence-electron chi connectivity index (χ4n) is 2.98. The van der Waals surface area contributed by atoms with Gasteiger partial charge in [0.25, 0.3) is 0 Å². The van der Waals surface area contributed by atoms with Crippen LogP contribution >= 0.6 is 0 Å². The molecule has 0 aliphatic heterocycles. The monoisotopic (exact) mass is 260 g/mol. The summed E-state index contributed by atoms with van der Waals surface area (Å²) in [5.74, 6) is 1.51. The van der Waals surface area contributed by atoms with Gasteiger partial charge in [0.05, 0.1) is 7.11 Å². The number of ketones is 1. The summed E-state index contributed by atoms with van der Waals surface area (Å²) >= 11 is 0. The second-order valence-electron chi connectivity index (χ2n) is 5.65. The molecule has 0 amide bonds. The maximum atomic E-state index is 12.4. The Bertz CT molecular complexity index is 429. The first kappa shape index (κ1) is 14.1. The van der Waals surface area contributed by atoms with Gasteiger partial charge in [-0.15, -0.1) is 0 Å². The van der Waals surface area contributed by atoms with Gasteiger partial charge >= 0.3 is 0 Å². The van der Waals surface area contributed by atoms with Crippen LogP contribution < -0.4 is 4.74 Å². The first-order valence-electron chi connectivity index (χ1n) is 7.37. The fraction of sp³-hybridized carbons (Fsp3) is 0.588. The van der Waals surface area contributed by atoms with Crippen molar-refractivity contribution in [2.24, 2.45) is 5.92 Å². The van der Waals surface area contributed by atoms with E-state index in [1.165, 1.54) is 31.2 Å². The van der Waals surface area contributed by atoms with Gasteiger partial charge in [-0.2, -0.15) is 0 Å². The molecule has 0 saturated heterocycles. The molecule has 1 fully saturated rings. The van der Waals surface area contributed by atoms with Crippen LogP contribution in [0.5, 0.6) is 5.75 Å². The lowest BCUT2D eigenvalue weighted by atomic mass is 9.91. The number of methoxy groups -OCH3 is 1. The van der Waals surface area contributed by atoms with Gasteiger partial charge in [-0.1, -0.05) is 43.4 Å². The Hall–Kier alpha value is -1.31. The van der Waals surface area contributed by atoms with Crippen LogP contribution in [0.15, 0.2) is 18.2 Å². The molecule has 1 aromatic carbocycles. The lowest BCUT2D eigenvalue weighted by molar-refractivity contribution is -0.122. The molecule has 19 heavy (non-hydrogen) atoms. The Labute approximate surface area is 116 Å². The van der Waals surface area contributed by atoms with E-state index in [9.17, 15) is 4.79 Å². The topological polar surface area (TPSA) is 26.3 Å². The Balaban J connectivity index is 2.07. The molecule has 0 bridgehead atoms. The average Bonchev–Trinajstić information content (AvgIpc) is 2.68. The number of rotatable bonds is 4. The average molecular weight is 260 g/mol. The molecule has 1 aliphatic carbocycles. The van der Waals surface area contributed by atoms with Crippen molar-refractivity contribution in [3.63, 3.8) is 0 Å². The zero-order chi connectivity index (χ0) is 13.7. The molecule has 0 aromatic heterocycles. The largest absolute Gasteiger partial charge is 0.496 e. The highest BCUT2D eigenvalue weighted by molar-refractivity contribution is 5.84. The van der Waals surface area contributed by atoms with Crippen molar-refractivity contribution in [2.45, 2.75) is 51.9 Å². The summed E-state index contributed by atoms with van der Waals surface area (Å²) in [7, 11) is 1.67. The smallest absolute Gasteiger partial charge is 0.140 e. The second-order valence-corrected chi connectivity index (χ2v) is 5.65. The van der Waals surface area contributed by atoms with Crippen LogP contribution in [-0.2, 0) is 11.2 Å². The van der Waals surface area contributed by atoms with Crippen molar-refractivity contribution in [2.75, 3.05) is 7.11 Å². The quantitative estimate of drug-likeness (QED) is 0.762. The Morgan fingerprint density at radius 1 is 1.21 bits per heavy atom. The van der Waals surface area contributed by atoms with E-state index in [-0.39, 0.29) is 5.92 Å². The minimum absolute atomic E-state index is 0.271. The van der Waals surface area contributed by atoms with Crippen molar-refractivity contribution in [3.8, 4) is 5.75 Å². The third-order valence-electron chi connectivity index (χ3n) is 4.11. The number of benzene rings is 1. The highest BCUT2D eigenvalue weighted by atomic mass is 16.5. The lowest BCUT2D eigenvalue weighted by Crippen LogP contribution is -2.16. The van der Waals surface area contributed by atoms with Crippen molar-refractivity contribution >= 4 is 5.78 Å². The van der Waals surface area contributed by atoms with E-state index in [4.69, 9.17) is 4.74 Å². The number of ether oxygens (including phenoxy) is 1. The van der Waals surface area contributed by atoms with Gasteiger partial charge in [-0.25, -0.2) is 0 Å². The van der Waals surface area contributed by atoms with Crippen molar-refractivity contribution in [1.82, 2.24) is 0 Å². The molecule has 0 radical (unpaired) electrons. The first-order chi connectivity index (χ1) is 9.20. The van der Waals surface area contributed by atoms with Crippen molar-refractivity contribution in [1.29, 1.82) is 0 Å². The summed E-state index contributed by atoms with van der Waals surface area (Å²) in [6, 6.07) is 6.07. The van der Waals surface area contributed by atoms with Crippen LogP contribution in [0.4, 0.5) is 0 Å². The van der Waals surface area contributed by atoms with Crippen LogP contribution in [0.3, 0.4) is 0 Å². The van der Waals surface area contributed by atoms with Crippen LogP contribution in [0, 0.1) is 12.8 Å². The van der Waals surface area contributed by atoms with E-state index < -0.39 is 0 Å². The zero-order valence-corrected chi connectivity index (χ0v) is 12.1. The van der Waals surface area contributed by atoms with Crippen LogP contribution in [-0.4, -0.2) is 12.9 Å².